The second kappa shape index (κ2) is 18.3. The van der Waals surface area contributed by atoms with Crippen LogP contribution in [0.2, 0.25) is 0 Å². The molecule has 51 heavy (non-hydrogen) atoms. The number of aliphatic hydroxyl groups is 1. The van der Waals surface area contributed by atoms with E-state index >= 15 is 0 Å². The summed E-state index contributed by atoms with van der Waals surface area (Å²) in [4.78, 5) is 25.2. The summed E-state index contributed by atoms with van der Waals surface area (Å²) in [6, 6.07) is 40.7. The van der Waals surface area contributed by atoms with Crippen molar-refractivity contribution < 1.29 is 28.9 Å². The molecule has 262 valence electrons. The number of methoxy groups -OCH3 is 2. The molecular formula is C43H44N2O6. The Labute approximate surface area is 299 Å². The number of carbonyl (C=O) groups is 2. The van der Waals surface area contributed by atoms with E-state index in [1.165, 1.54) is 0 Å². The number of hydrogen-bond acceptors (Lipinski definition) is 6. The van der Waals surface area contributed by atoms with Crippen molar-refractivity contribution in [2.75, 3.05) is 40.5 Å². The number of benzene rings is 5. The molecule has 0 unspecified atom stereocenters. The molecule has 5 rings (SSSR count). The van der Waals surface area contributed by atoms with Gasteiger partial charge < -0.3 is 30.0 Å². The van der Waals surface area contributed by atoms with Crippen molar-refractivity contribution >= 4 is 24.0 Å². The van der Waals surface area contributed by atoms with E-state index in [0.717, 1.165) is 39.3 Å². The van der Waals surface area contributed by atoms with Gasteiger partial charge in [-0.1, -0.05) is 91.0 Å². The number of ether oxygens (including phenoxy) is 3. The maximum atomic E-state index is 13.0. The highest BCUT2D eigenvalue weighted by Crippen LogP contribution is 2.41. The molecule has 0 bridgehead atoms. The summed E-state index contributed by atoms with van der Waals surface area (Å²) < 4.78 is 17.7. The van der Waals surface area contributed by atoms with Crippen molar-refractivity contribution in [3.8, 4) is 11.5 Å². The minimum Gasteiger partial charge on any atom is -0.497 e. The van der Waals surface area contributed by atoms with Crippen molar-refractivity contribution in [1.29, 1.82) is 0 Å². The minimum atomic E-state index is -0.912. The molecule has 0 aromatic heterocycles. The molecule has 0 aliphatic rings. The molecule has 0 saturated heterocycles. The highest BCUT2D eigenvalue weighted by molar-refractivity contribution is 5.95. The van der Waals surface area contributed by atoms with Crippen LogP contribution in [0.3, 0.4) is 0 Å². The Morgan fingerprint density at radius 1 is 0.588 bits per heavy atom. The van der Waals surface area contributed by atoms with Crippen LogP contribution in [0.25, 0.3) is 12.2 Å². The van der Waals surface area contributed by atoms with Crippen LogP contribution in [-0.2, 0) is 10.3 Å². The fourth-order valence-electron chi connectivity index (χ4n) is 5.74. The van der Waals surface area contributed by atoms with Crippen LogP contribution >= 0.6 is 0 Å². The van der Waals surface area contributed by atoms with Gasteiger partial charge in [0.2, 0.25) is 0 Å². The lowest BCUT2D eigenvalue weighted by atomic mass is 9.80. The third-order valence-corrected chi connectivity index (χ3v) is 8.53. The zero-order chi connectivity index (χ0) is 35.9. The van der Waals surface area contributed by atoms with Crippen molar-refractivity contribution in [2.45, 2.75) is 18.4 Å². The number of aliphatic hydroxyl groups excluding tert-OH is 1. The van der Waals surface area contributed by atoms with Crippen LogP contribution in [0, 0.1) is 0 Å². The van der Waals surface area contributed by atoms with Gasteiger partial charge in [-0.2, -0.15) is 0 Å². The van der Waals surface area contributed by atoms with Crippen LogP contribution in [0.4, 0.5) is 0 Å². The van der Waals surface area contributed by atoms with Gasteiger partial charge in [0.15, 0.2) is 0 Å². The molecule has 0 aliphatic heterocycles. The number of amides is 2. The molecule has 8 nitrogen and oxygen atoms in total. The van der Waals surface area contributed by atoms with Gasteiger partial charge in [0, 0.05) is 30.8 Å². The fraction of sp³-hybridized carbons (Fsp3) is 0.209. The monoisotopic (exact) mass is 684 g/mol. The van der Waals surface area contributed by atoms with Crippen LogP contribution in [0.5, 0.6) is 11.5 Å². The Bertz CT molecular complexity index is 1810. The number of nitrogens with one attached hydrogen (secondary N) is 2. The van der Waals surface area contributed by atoms with E-state index in [9.17, 15) is 9.59 Å². The van der Waals surface area contributed by atoms with E-state index in [-0.39, 0.29) is 18.4 Å². The highest BCUT2D eigenvalue weighted by atomic mass is 16.5. The van der Waals surface area contributed by atoms with Crippen LogP contribution in [0.15, 0.2) is 127 Å². The third kappa shape index (κ3) is 9.51. The van der Waals surface area contributed by atoms with Crippen LogP contribution < -0.4 is 20.1 Å². The third-order valence-electron chi connectivity index (χ3n) is 8.53. The van der Waals surface area contributed by atoms with Crippen molar-refractivity contribution in [3.63, 3.8) is 0 Å². The standard InChI is InChI=1S/C43H44N2O6/c1-49-39-24-20-37(21-25-39)43(36-8-4-3-5-9-36,38-22-26-40(50-2)27-23-38)51-31-7-29-45-42(48)35-18-14-33(15-19-35)11-10-32-12-16-34(17-13-32)41(47)44-28-6-30-46/h3-5,8-27,46H,6-7,28-31H2,1-2H3,(H,44,47)(H,45,48)/b11-10+. The molecule has 5 aromatic rings. The predicted octanol–water partition coefficient (Wildman–Crippen LogP) is 7.12. The molecular weight excluding hydrogens is 640 g/mol. The maximum absolute atomic E-state index is 13.0. The molecule has 5 aromatic carbocycles. The molecule has 0 saturated carbocycles. The quantitative estimate of drug-likeness (QED) is 0.0548. The smallest absolute Gasteiger partial charge is 0.251 e. The number of carbonyl (C=O) groups excluding carboxylic acids is 2. The van der Waals surface area contributed by atoms with Gasteiger partial charge in [-0.05, 0) is 89.2 Å². The Balaban J connectivity index is 1.20. The Kier molecular flexibility index (Phi) is 13.2. The first-order valence-corrected chi connectivity index (χ1v) is 17.0. The van der Waals surface area contributed by atoms with Crippen LogP contribution in [-0.4, -0.2) is 57.4 Å². The second-order valence-electron chi connectivity index (χ2n) is 11.9. The van der Waals surface area contributed by atoms with Gasteiger partial charge in [-0.15, -0.1) is 0 Å². The summed E-state index contributed by atoms with van der Waals surface area (Å²) >= 11 is 0. The van der Waals surface area contributed by atoms with Crippen molar-refractivity contribution in [3.05, 3.63) is 166 Å². The summed E-state index contributed by atoms with van der Waals surface area (Å²) in [5.74, 6) is 1.19. The van der Waals surface area contributed by atoms with Gasteiger partial charge in [0.05, 0.1) is 20.8 Å². The minimum absolute atomic E-state index is 0.0422. The van der Waals surface area contributed by atoms with E-state index in [0.29, 0.717) is 43.7 Å². The Morgan fingerprint density at radius 3 is 1.45 bits per heavy atom. The highest BCUT2D eigenvalue weighted by Gasteiger charge is 2.37. The molecule has 0 fully saturated rings. The first-order chi connectivity index (χ1) is 25.0. The maximum Gasteiger partial charge on any atom is 0.251 e. The molecule has 0 atom stereocenters. The summed E-state index contributed by atoms with van der Waals surface area (Å²) in [6.45, 7) is 1.30. The lowest BCUT2D eigenvalue weighted by molar-refractivity contribution is 0.0117. The fourth-order valence-corrected chi connectivity index (χ4v) is 5.74. The normalized spacial score (nSPS) is 11.3. The van der Waals surface area contributed by atoms with E-state index in [2.05, 4.69) is 22.8 Å². The summed E-state index contributed by atoms with van der Waals surface area (Å²) in [5.41, 5.74) is 5.00. The molecule has 0 aliphatic carbocycles. The second-order valence-corrected chi connectivity index (χ2v) is 11.9. The van der Waals surface area contributed by atoms with Crippen molar-refractivity contribution in [1.82, 2.24) is 10.6 Å². The summed E-state index contributed by atoms with van der Waals surface area (Å²) in [6.07, 6.45) is 5.03. The first kappa shape index (κ1) is 36.6. The first-order valence-electron chi connectivity index (χ1n) is 17.0. The average Bonchev–Trinajstić information content (AvgIpc) is 3.19. The number of rotatable bonds is 17. The Morgan fingerprint density at radius 2 is 1.02 bits per heavy atom. The van der Waals surface area contributed by atoms with Gasteiger partial charge in [-0.25, -0.2) is 0 Å². The molecule has 0 spiro atoms. The molecule has 2 amide bonds. The van der Waals surface area contributed by atoms with E-state index < -0.39 is 5.60 Å². The van der Waals surface area contributed by atoms with E-state index in [1.54, 1.807) is 38.5 Å². The van der Waals surface area contributed by atoms with Gasteiger partial charge >= 0.3 is 0 Å². The summed E-state index contributed by atoms with van der Waals surface area (Å²) in [7, 11) is 3.30. The lowest BCUT2D eigenvalue weighted by Crippen LogP contribution is -2.34. The van der Waals surface area contributed by atoms with Crippen molar-refractivity contribution in [2.24, 2.45) is 0 Å². The Hall–Kier alpha value is -5.70. The molecule has 3 N–H and O–H groups in total. The van der Waals surface area contributed by atoms with Gasteiger partial charge in [0.25, 0.3) is 11.8 Å². The zero-order valence-electron chi connectivity index (χ0n) is 29.0. The largest absolute Gasteiger partial charge is 0.497 e. The zero-order valence-corrected chi connectivity index (χ0v) is 29.0. The molecule has 8 heteroatoms. The van der Waals surface area contributed by atoms with Crippen LogP contribution in [0.1, 0.15) is 61.4 Å². The molecule has 0 heterocycles. The van der Waals surface area contributed by atoms with Gasteiger partial charge in [-0.3, -0.25) is 9.59 Å². The van der Waals surface area contributed by atoms with Gasteiger partial charge in [0.1, 0.15) is 17.1 Å². The SMILES string of the molecule is COc1ccc(C(OCCCNC(=O)c2ccc(/C=C/c3ccc(C(=O)NCCCO)cc3)cc2)(c2ccccc2)c2ccc(OC)cc2)cc1. The van der Waals surface area contributed by atoms with E-state index in [1.807, 2.05) is 103 Å². The predicted molar refractivity (Wildman–Crippen MR) is 201 cm³/mol. The average molecular weight is 685 g/mol. The topological polar surface area (TPSA) is 106 Å². The summed E-state index contributed by atoms with van der Waals surface area (Å²) in [5, 5.41) is 14.7. The lowest BCUT2D eigenvalue weighted by Gasteiger charge is -2.36. The number of hydrogen-bond donors (Lipinski definition) is 3. The molecule has 0 radical (unpaired) electrons. The van der Waals surface area contributed by atoms with E-state index in [4.69, 9.17) is 19.3 Å².